The van der Waals surface area contributed by atoms with E-state index in [2.05, 4.69) is 74.4 Å². The molecule has 1 saturated heterocycles. The number of anilines is 1. The number of halogens is 2. The molecule has 0 aromatic heterocycles. The number of nitrogens with zero attached hydrogens (tertiary/aromatic N) is 2. The highest BCUT2D eigenvalue weighted by Crippen LogP contribution is 2.32. The van der Waals surface area contributed by atoms with Gasteiger partial charge in [-0.1, -0.05) is 0 Å². The first-order valence-electron chi connectivity index (χ1n) is 5.47. The number of piperazine rings is 1. The molecule has 0 radical (unpaired) electrons. The van der Waals surface area contributed by atoms with Crippen molar-refractivity contribution < 1.29 is 0 Å². The molecule has 0 saturated carbocycles. The van der Waals surface area contributed by atoms with E-state index in [1.165, 1.54) is 19.3 Å². The average Bonchev–Trinajstić information content (AvgIpc) is 2.19. The Balaban J connectivity index is 2.26. The van der Waals surface area contributed by atoms with Crippen molar-refractivity contribution in [1.82, 2.24) is 4.90 Å². The fourth-order valence-electron chi connectivity index (χ4n) is 2.13. The van der Waals surface area contributed by atoms with Gasteiger partial charge < -0.3 is 9.80 Å². The third-order valence-corrected chi connectivity index (χ3v) is 4.27. The average molecular weight is 395 g/mol. The molecule has 0 unspecified atom stereocenters. The van der Waals surface area contributed by atoms with Gasteiger partial charge in [-0.05, 0) is 70.2 Å². The fourth-order valence-corrected chi connectivity index (χ4v) is 4.14. The lowest BCUT2D eigenvalue weighted by Gasteiger charge is -2.35. The minimum Gasteiger partial charge on any atom is -0.368 e. The molecule has 2 rings (SSSR count). The van der Waals surface area contributed by atoms with E-state index in [1.54, 1.807) is 0 Å². The third-order valence-electron chi connectivity index (χ3n) is 3.04. The number of hydrogen-bond donors (Lipinski definition) is 0. The molecule has 4 heteroatoms. The van der Waals surface area contributed by atoms with E-state index in [0.717, 1.165) is 26.2 Å². The van der Waals surface area contributed by atoms with Crippen LogP contribution in [0.5, 0.6) is 0 Å². The summed E-state index contributed by atoms with van der Waals surface area (Å²) in [6, 6.07) is 4.44. The summed E-state index contributed by atoms with van der Waals surface area (Å²) in [6.07, 6.45) is 0. The van der Waals surface area contributed by atoms with Crippen LogP contribution in [-0.2, 0) is 0 Å². The second kappa shape index (κ2) is 5.23. The van der Waals surface area contributed by atoms with Gasteiger partial charge >= 0.3 is 0 Å². The molecule has 1 aliphatic heterocycles. The Morgan fingerprint density at radius 2 is 1.81 bits per heavy atom. The van der Waals surface area contributed by atoms with Crippen LogP contribution in [0.4, 0.5) is 5.69 Å². The summed E-state index contributed by atoms with van der Waals surface area (Å²) in [5, 5.41) is 0. The molecule has 2 nitrogen and oxygen atoms in total. The van der Waals surface area contributed by atoms with Crippen LogP contribution in [0.25, 0.3) is 0 Å². The molecule has 0 N–H and O–H groups in total. The van der Waals surface area contributed by atoms with E-state index >= 15 is 0 Å². The highest BCUT2D eigenvalue weighted by atomic mass is 127. The smallest absolute Gasteiger partial charge is 0.0541 e. The van der Waals surface area contributed by atoms with E-state index in [0.29, 0.717) is 0 Å². The minimum atomic E-state index is 1.12. The third kappa shape index (κ3) is 2.71. The van der Waals surface area contributed by atoms with Crippen LogP contribution in [0.1, 0.15) is 5.56 Å². The van der Waals surface area contributed by atoms with E-state index < -0.39 is 0 Å². The van der Waals surface area contributed by atoms with Crippen molar-refractivity contribution >= 4 is 44.2 Å². The molecule has 1 aromatic carbocycles. The molecule has 0 atom stereocenters. The highest BCUT2D eigenvalue weighted by molar-refractivity contribution is 14.1. The van der Waals surface area contributed by atoms with E-state index in [4.69, 9.17) is 0 Å². The normalized spacial score (nSPS) is 17.9. The Hall–Kier alpha value is 0.190. The van der Waals surface area contributed by atoms with E-state index in [-0.39, 0.29) is 0 Å². The van der Waals surface area contributed by atoms with Crippen LogP contribution < -0.4 is 4.90 Å². The van der Waals surface area contributed by atoms with Crippen LogP contribution in [0, 0.1) is 10.5 Å². The zero-order valence-electron chi connectivity index (χ0n) is 9.63. The molecule has 1 aliphatic rings. The molecule has 88 valence electrons. The standard InChI is InChI=1S/C12H16BrIN2/c1-9-7-10(14)8-11(13)12(9)16-5-3-15(2)4-6-16/h7-8H,3-6H2,1-2H3. The number of benzene rings is 1. The van der Waals surface area contributed by atoms with Gasteiger partial charge in [0.2, 0.25) is 0 Å². The Morgan fingerprint density at radius 1 is 1.19 bits per heavy atom. The Morgan fingerprint density at radius 3 is 2.38 bits per heavy atom. The lowest BCUT2D eigenvalue weighted by molar-refractivity contribution is 0.312. The second-order valence-corrected chi connectivity index (χ2v) is 6.44. The molecule has 0 amide bonds. The summed E-state index contributed by atoms with van der Waals surface area (Å²) < 4.78 is 2.52. The van der Waals surface area contributed by atoms with Crippen molar-refractivity contribution in [1.29, 1.82) is 0 Å². The van der Waals surface area contributed by atoms with Crippen LogP contribution in [0.2, 0.25) is 0 Å². The van der Waals surface area contributed by atoms with Crippen molar-refractivity contribution in [2.24, 2.45) is 0 Å². The first-order valence-corrected chi connectivity index (χ1v) is 7.34. The molecule has 1 heterocycles. The molecular weight excluding hydrogens is 379 g/mol. The first-order chi connectivity index (χ1) is 7.58. The summed E-state index contributed by atoms with van der Waals surface area (Å²) in [6.45, 7) is 6.74. The zero-order chi connectivity index (χ0) is 11.7. The lowest BCUT2D eigenvalue weighted by atomic mass is 10.1. The lowest BCUT2D eigenvalue weighted by Crippen LogP contribution is -2.44. The van der Waals surface area contributed by atoms with Gasteiger partial charge in [-0.2, -0.15) is 0 Å². The van der Waals surface area contributed by atoms with Crippen LogP contribution in [0.3, 0.4) is 0 Å². The van der Waals surface area contributed by atoms with E-state index in [1.807, 2.05) is 0 Å². The van der Waals surface area contributed by atoms with Gasteiger partial charge in [0.05, 0.1) is 5.69 Å². The summed E-state index contributed by atoms with van der Waals surface area (Å²) in [5.74, 6) is 0. The minimum absolute atomic E-state index is 1.12. The van der Waals surface area contributed by atoms with Gasteiger partial charge in [0.25, 0.3) is 0 Å². The van der Waals surface area contributed by atoms with Crippen molar-refractivity contribution in [2.75, 3.05) is 38.1 Å². The van der Waals surface area contributed by atoms with Crippen molar-refractivity contribution in [3.05, 3.63) is 25.7 Å². The molecular formula is C12H16BrIN2. The van der Waals surface area contributed by atoms with Crippen molar-refractivity contribution in [3.63, 3.8) is 0 Å². The van der Waals surface area contributed by atoms with Gasteiger partial charge in [0.15, 0.2) is 0 Å². The maximum absolute atomic E-state index is 3.69. The Bertz CT molecular complexity index is 364. The molecule has 16 heavy (non-hydrogen) atoms. The largest absolute Gasteiger partial charge is 0.368 e. The summed E-state index contributed by atoms with van der Waals surface area (Å²) in [7, 11) is 2.19. The predicted molar refractivity (Wildman–Crippen MR) is 81.3 cm³/mol. The maximum atomic E-state index is 3.69. The number of rotatable bonds is 1. The molecule has 0 bridgehead atoms. The fraction of sp³-hybridized carbons (Fsp3) is 0.500. The number of likely N-dealkylation sites (N-methyl/N-ethyl adjacent to an activating group) is 1. The van der Waals surface area contributed by atoms with Gasteiger partial charge in [-0.3, -0.25) is 0 Å². The quantitative estimate of drug-likeness (QED) is 0.675. The highest BCUT2D eigenvalue weighted by Gasteiger charge is 2.18. The molecule has 0 aliphatic carbocycles. The zero-order valence-corrected chi connectivity index (χ0v) is 13.4. The SMILES string of the molecule is Cc1cc(I)cc(Br)c1N1CCN(C)CC1. The summed E-state index contributed by atoms with van der Waals surface area (Å²) in [5.41, 5.74) is 2.73. The van der Waals surface area contributed by atoms with Crippen molar-refractivity contribution in [2.45, 2.75) is 6.92 Å². The summed E-state index contributed by atoms with van der Waals surface area (Å²) in [4.78, 5) is 4.86. The predicted octanol–water partition coefficient (Wildman–Crippen LogP) is 3.11. The van der Waals surface area contributed by atoms with Crippen LogP contribution in [-0.4, -0.2) is 38.1 Å². The van der Waals surface area contributed by atoms with Gasteiger partial charge in [0, 0.05) is 34.2 Å². The Labute approximate surface area is 119 Å². The molecule has 1 fully saturated rings. The maximum Gasteiger partial charge on any atom is 0.0541 e. The number of aryl methyl sites for hydroxylation is 1. The monoisotopic (exact) mass is 394 g/mol. The first kappa shape index (κ1) is 12.6. The Kier molecular flexibility index (Phi) is 4.13. The van der Waals surface area contributed by atoms with Gasteiger partial charge in [-0.15, -0.1) is 0 Å². The van der Waals surface area contributed by atoms with E-state index in [9.17, 15) is 0 Å². The van der Waals surface area contributed by atoms with Crippen LogP contribution >= 0.6 is 38.5 Å². The molecule has 1 aromatic rings. The second-order valence-electron chi connectivity index (χ2n) is 4.34. The van der Waals surface area contributed by atoms with Crippen molar-refractivity contribution in [3.8, 4) is 0 Å². The van der Waals surface area contributed by atoms with Gasteiger partial charge in [-0.25, -0.2) is 0 Å². The summed E-state index contributed by atoms with van der Waals surface area (Å²) >= 11 is 6.05. The molecule has 0 spiro atoms. The topological polar surface area (TPSA) is 6.48 Å². The van der Waals surface area contributed by atoms with Gasteiger partial charge in [0.1, 0.15) is 0 Å². The van der Waals surface area contributed by atoms with Crippen LogP contribution in [0.15, 0.2) is 16.6 Å². The number of hydrogen-bond acceptors (Lipinski definition) is 2.